The van der Waals surface area contributed by atoms with Gasteiger partial charge in [0.25, 0.3) is 5.56 Å². The van der Waals surface area contributed by atoms with Crippen molar-refractivity contribution in [1.82, 2.24) is 14.9 Å². The molecule has 0 aliphatic heterocycles. The van der Waals surface area contributed by atoms with Gasteiger partial charge in [0.05, 0.1) is 23.8 Å². The van der Waals surface area contributed by atoms with Crippen LogP contribution in [0.4, 0.5) is 0 Å². The highest BCUT2D eigenvalue weighted by atomic mass is 16.5. The average molecular weight is 351 g/mol. The van der Waals surface area contributed by atoms with Gasteiger partial charge in [0.2, 0.25) is 5.91 Å². The van der Waals surface area contributed by atoms with Crippen LogP contribution < -0.4 is 10.9 Å². The molecular formula is C20H21N3O3. The fraction of sp³-hybridized carbons (Fsp3) is 0.250. The molecule has 3 rings (SSSR count). The first kappa shape index (κ1) is 17.8. The summed E-state index contributed by atoms with van der Waals surface area (Å²) in [5, 5.41) is 3.31. The second-order valence-electron chi connectivity index (χ2n) is 5.94. The highest BCUT2D eigenvalue weighted by molar-refractivity contribution is 5.78. The minimum atomic E-state index is -0.216. The number of nitrogens with one attached hydrogen (secondary N) is 1. The third kappa shape index (κ3) is 4.77. The van der Waals surface area contributed by atoms with Crippen molar-refractivity contribution < 1.29 is 9.53 Å². The zero-order valence-electron chi connectivity index (χ0n) is 14.4. The van der Waals surface area contributed by atoms with Gasteiger partial charge in [-0.2, -0.15) is 0 Å². The van der Waals surface area contributed by atoms with E-state index in [9.17, 15) is 9.59 Å². The lowest BCUT2D eigenvalue weighted by Gasteiger charge is -2.08. The van der Waals surface area contributed by atoms with Gasteiger partial charge in [0.1, 0.15) is 6.54 Å². The van der Waals surface area contributed by atoms with Gasteiger partial charge >= 0.3 is 0 Å². The molecule has 1 amide bonds. The van der Waals surface area contributed by atoms with Crippen molar-refractivity contribution >= 4 is 16.8 Å². The maximum absolute atomic E-state index is 12.3. The number of hydrogen-bond donors (Lipinski definition) is 1. The summed E-state index contributed by atoms with van der Waals surface area (Å²) in [6, 6.07) is 17.0. The number of nitrogens with zero attached hydrogens (tertiary/aromatic N) is 2. The van der Waals surface area contributed by atoms with Crippen molar-refractivity contribution in [2.75, 3.05) is 13.2 Å². The zero-order valence-corrected chi connectivity index (χ0v) is 14.4. The van der Waals surface area contributed by atoms with E-state index in [1.165, 1.54) is 10.9 Å². The van der Waals surface area contributed by atoms with E-state index in [1.807, 2.05) is 36.4 Å². The predicted octanol–water partition coefficient (Wildman–Crippen LogP) is 2.12. The summed E-state index contributed by atoms with van der Waals surface area (Å²) in [7, 11) is 0. The lowest BCUT2D eigenvalue weighted by atomic mass is 10.2. The number of para-hydroxylation sites is 1. The lowest BCUT2D eigenvalue weighted by molar-refractivity contribution is -0.121. The van der Waals surface area contributed by atoms with Gasteiger partial charge in [-0.1, -0.05) is 42.5 Å². The van der Waals surface area contributed by atoms with Gasteiger partial charge in [-0.15, -0.1) is 0 Å². The Bertz CT molecular complexity index is 922. The van der Waals surface area contributed by atoms with Gasteiger partial charge < -0.3 is 10.1 Å². The highest BCUT2D eigenvalue weighted by Gasteiger charge is 2.07. The SMILES string of the molecule is O=C(Cn1cnc2ccccc2c1=O)NCCCOCc1ccccc1. The van der Waals surface area contributed by atoms with Gasteiger partial charge in [-0.05, 0) is 24.1 Å². The topological polar surface area (TPSA) is 73.2 Å². The molecule has 0 radical (unpaired) electrons. The number of carbonyl (C=O) groups excluding carboxylic acids is 1. The van der Waals surface area contributed by atoms with Crippen molar-refractivity contribution in [3.8, 4) is 0 Å². The standard InChI is InChI=1S/C20H21N3O3/c24-19(21-11-6-12-26-14-16-7-2-1-3-8-16)13-23-15-22-18-10-5-4-9-17(18)20(23)25/h1-5,7-10,15H,6,11-14H2,(H,21,24). The number of aromatic nitrogens is 2. The second kappa shape index (κ2) is 8.92. The first-order valence-electron chi connectivity index (χ1n) is 8.56. The van der Waals surface area contributed by atoms with Crippen LogP contribution in [0.15, 0.2) is 65.7 Å². The van der Waals surface area contributed by atoms with Crippen LogP contribution in [0.3, 0.4) is 0 Å². The molecule has 0 fully saturated rings. The van der Waals surface area contributed by atoms with Crippen LogP contribution in [0.25, 0.3) is 10.9 Å². The maximum Gasteiger partial charge on any atom is 0.261 e. The Labute approximate surface area is 151 Å². The summed E-state index contributed by atoms with van der Waals surface area (Å²) < 4.78 is 6.89. The fourth-order valence-corrected chi connectivity index (χ4v) is 2.60. The number of hydrogen-bond acceptors (Lipinski definition) is 4. The number of rotatable bonds is 8. The summed E-state index contributed by atoms with van der Waals surface area (Å²) in [6.07, 6.45) is 2.12. The minimum Gasteiger partial charge on any atom is -0.377 e. The Hall–Kier alpha value is -2.99. The monoisotopic (exact) mass is 351 g/mol. The van der Waals surface area contributed by atoms with Gasteiger partial charge in [-0.25, -0.2) is 4.98 Å². The fourth-order valence-electron chi connectivity index (χ4n) is 2.60. The molecule has 0 aliphatic carbocycles. The molecule has 0 saturated carbocycles. The quantitative estimate of drug-likeness (QED) is 0.631. The zero-order chi connectivity index (χ0) is 18.2. The summed E-state index contributed by atoms with van der Waals surface area (Å²) in [5.74, 6) is -0.216. The van der Waals surface area contributed by atoms with Crippen LogP contribution >= 0.6 is 0 Å². The molecule has 1 heterocycles. The minimum absolute atomic E-state index is 0.0401. The Balaban J connectivity index is 1.40. The van der Waals surface area contributed by atoms with E-state index in [1.54, 1.807) is 18.2 Å². The largest absolute Gasteiger partial charge is 0.377 e. The number of benzene rings is 2. The third-order valence-corrected chi connectivity index (χ3v) is 3.94. The van der Waals surface area contributed by atoms with E-state index in [2.05, 4.69) is 10.3 Å². The molecule has 3 aromatic rings. The Morgan fingerprint density at radius 3 is 2.69 bits per heavy atom. The molecule has 134 valence electrons. The highest BCUT2D eigenvalue weighted by Crippen LogP contribution is 2.04. The van der Waals surface area contributed by atoms with E-state index >= 15 is 0 Å². The summed E-state index contributed by atoms with van der Waals surface area (Å²) in [4.78, 5) is 28.6. The Morgan fingerprint density at radius 1 is 1.08 bits per heavy atom. The van der Waals surface area contributed by atoms with Gasteiger partial charge in [0.15, 0.2) is 0 Å². The molecule has 0 atom stereocenters. The summed E-state index contributed by atoms with van der Waals surface area (Å²) in [5.41, 5.74) is 1.54. The van der Waals surface area contributed by atoms with Gasteiger partial charge in [0, 0.05) is 13.2 Å². The molecule has 0 aliphatic rings. The maximum atomic E-state index is 12.3. The molecule has 0 bridgehead atoms. The normalized spacial score (nSPS) is 10.8. The lowest BCUT2D eigenvalue weighted by Crippen LogP contribution is -2.33. The molecule has 26 heavy (non-hydrogen) atoms. The van der Waals surface area contributed by atoms with Crippen LogP contribution in [0.1, 0.15) is 12.0 Å². The average Bonchev–Trinajstić information content (AvgIpc) is 2.68. The van der Waals surface area contributed by atoms with Gasteiger partial charge in [-0.3, -0.25) is 14.2 Å². The summed E-state index contributed by atoms with van der Waals surface area (Å²) >= 11 is 0. The van der Waals surface area contributed by atoms with Crippen LogP contribution in [0.5, 0.6) is 0 Å². The smallest absolute Gasteiger partial charge is 0.261 e. The predicted molar refractivity (Wildman–Crippen MR) is 99.7 cm³/mol. The van der Waals surface area contributed by atoms with E-state index < -0.39 is 0 Å². The Kier molecular flexibility index (Phi) is 6.11. The molecule has 0 saturated heterocycles. The van der Waals surface area contributed by atoms with E-state index in [0.717, 1.165) is 5.56 Å². The first-order valence-corrected chi connectivity index (χ1v) is 8.56. The number of amides is 1. The van der Waals surface area contributed by atoms with E-state index in [4.69, 9.17) is 4.74 Å². The molecule has 2 aromatic carbocycles. The molecular weight excluding hydrogens is 330 g/mol. The molecule has 0 spiro atoms. The van der Waals surface area contributed by atoms with Crippen molar-refractivity contribution in [2.24, 2.45) is 0 Å². The van der Waals surface area contributed by atoms with Crippen LogP contribution in [-0.4, -0.2) is 28.6 Å². The van der Waals surface area contributed by atoms with Crippen LogP contribution in [0, 0.1) is 0 Å². The Morgan fingerprint density at radius 2 is 1.85 bits per heavy atom. The van der Waals surface area contributed by atoms with Crippen molar-refractivity contribution in [3.63, 3.8) is 0 Å². The van der Waals surface area contributed by atoms with E-state index in [-0.39, 0.29) is 18.0 Å². The second-order valence-corrected chi connectivity index (χ2v) is 5.94. The van der Waals surface area contributed by atoms with Crippen molar-refractivity contribution in [1.29, 1.82) is 0 Å². The third-order valence-electron chi connectivity index (χ3n) is 3.94. The molecule has 6 nitrogen and oxygen atoms in total. The number of fused-ring (bicyclic) bond motifs is 1. The van der Waals surface area contributed by atoms with Crippen molar-refractivity contribution in [2.45, 2.75) is 19.6 Å². The first-order chi connectivity index (χ1) is 12.7. The van der Waals surface area contributed by atoms with E-state index in [0.29, 0.717) is 37.1 Å². The van der Waals surface area contributed by atoms with Crippen LogP contribution in [-0.2, 0) is 22.7 Å². The number of carbonyl (C=O) groups is 1. The molecule has 1 aromatic heterocycles. The summed E-state index contributed by atoms with van der Waals surface area (Å²) in [6.45, 7) is 1.59. The van der Waals surface area contributed by atoms with Crippen LogP contribution in [0.2, 0.25) is 0 Å². The molecule has 0 unspecified atom stereocenters. The molecule has 6 heteroatoms. The molecule has 1 N–H and O–H groups in total. The van der Waals surface area contributed by atoms with Crippen molar-refractivity contribution in [3.05, 3.63) is 76.8 Å². The number of ether oxygens (including phenoxy) is 1.